The topological polar surface area (TPSA) is 53.9 Å². The number of anilines is 2. The smallest absolute Gasteiger partial charge is 0.147 e. The predicted octanol–water partition coefficient (Wildman–Crippen LogP) is 5.85. The van der Waals surface area contributed by atoms with Gasteiger partial charge in [0.15, 0.2) is 0 Å². The zero-order chi connectivity index (χ0) is 19.9. The molecule has 2 fully saturated rings. The molecular formula is C24H31N5S. The number of hydrogen-bond acceptors (Lipinski definition) is 6. The van der Waals surface area contributed by atoms with E-state index in [-0.39, 0.29) is 0 Å². The minimum Gasteiger partial charge on any atom is -0.366 e. The molecule has 158 valence electrons. The number of aromatic nitrogens is 3. The van der Waals surface area contributed by atoms with Crippen molar-refractivity contribution in [3.8, 4) is 0 Å². The van der Waals surface area contributed by atoms with Gasteiger partial charge in [0.1, 0.15) is 22.8 Å². The average Bonchev–Trinajstić information content (AvgIpc) is 3.20. The largest absolute Gasteiger partial charge is 0.366 e. The maximum absolute atomic E-state index is 5.29. The molecule has 1 N–H and O–H groups in total. The molecular weight excluding hydrogens is 390 g/mol. The number of pyridine rings is 1. The lowest BCUT2D eigenvalue weighted by molar-refractivity contribution is 0.462. The van der Waals surface area contributed by atoms with E-state index < -0.39 is 0 Å². The maximum atomic E-state index is 5.29. The van der Waals surface area contributed by atoms with Crippen LogP contribution in [0, 0.1) is 0 Å². The summed E-state index contributed by atoms with van der Waals surface area (Å²) >= 11 is 1.80. The third-order valence-corrected chi connectivity index (χ3v) is 8.38. The van der Waals surface area contributed by atoms with Crippen LogP contribution >= 0.6 is 11.3 Å². The summed E-state index contributed by atoms with van der Waals surface area (Å²) in [5, 5.41) is 5.08. The van der Waals surface area contributed by atoms with Crippen molar-refractivity contribution >= 4 is 43.4 Å². The first kappa shape index (κ1) is 18.8. The van der Waals surface area contributed by atoms with E-state index in [2.05, 4.69) is 15.2 Å². The highest BCUT2D eigenvalue weighted by Gasteiger charge is 2.26. The van der Waals surface area contributed by atoms with E-state index in [1.807, 2.05) is 0 Å². The van der Waals surface area contributed by atoms with Gasteiger partial charge in [-0.25, -0.2) is 15.0 Å². The van der Waals surface area contributed by atoms with Gasteiger partial charge in [0.2, 0.25) is 0 Å². The number of fused-ring (bicyclic) bond motifs is 5. The molecule has 1 saturated carbocycles. The van der Waals surface area contributed by atoms with Gasteiger partial charge in [-0.1, -0.05) is 19.3 Å². The molecule has 5 nitrogen and oxygen atoms in total. The molecule has 0 unspecified atom stereocenters. The van der Waals surface area contributed by atoms with E-state index >= 15 is 0 Å². The summed E-state index contributed by atoms with van der Waals surface area (Å²) in [6, 6.07) is 0.549. The van der Waals surface area contributed by atoms with Crippen LogP contribution in [0.4, 0.5) is 11.6 Å². The molecule has 4 heterocycles. The van der Waals surface area contributed by atoms with Crippen molar-refractivity contribution in [2.45, 2.75) is 83.1 Å². The molecule has 6 heteroatoms. The highest BCUT2D eigenvalue weighted by Crippen LogP contribution is 2.43. The second-order valence-electron chi connectivity index (χ2n) is 9.31. The molecule has 3 aliphatic rings. The lowest BCUT2D eigenvalue weighted by atomic mass is 9.89. The average molecular weight is 422 g/mol. The van der Waals surface area contributed by atoms with Crippen molar-refractivity contribution in [3.63, 3.8) is 0 Å². The molecule has 1 saturated heterocycles. The molecule has 0 aromatic carbocycles. The van der Waals surface area contributed by atoms with Gasteiger partial charge >= 0.3 is 0 Å². The molecule has 1 aliphatic heterocycles. The van der Waals surface area contributed by atoms with Crippen LogP contribution in [0.2, 0.25) is 0 Å². The van der Waals surface area contributed by atoms with Gasteiger partial charge in [-0.15, -0.1) is 11.3 Å². The number of nitrogens with one attached hydrogen (secondary N) is 1. The molecule has 3 aromatic heterocycles. The van der Waals surface area contributed by atoms with Gasteiger partial charge in [-0.05, 0) is 68.9 Å². The molecule has 0 bridgehead atoms. The molecule has 0 radical (unpaired) electrons. The van der Waals surface area contributed by atoms with Crippen LogP contribution in [-0.2, 0) is 12.8 Å². The van der Waals surface area contributed by atoms with E-state index in [1.54, 1.807) is 17.7 Å². The molecule has 6 rings (SSSR count). The number of piperidine rings is 1. The van der Waals surface area contributed by atoms with Crippen molar-refractivity contribution in [2.75, 3.05) is 23.3 Å². The molecule has 30 heavy (non-hydrogen) atoms. The Balaban J connectivity index is 1.49. The Bertz CT molecular complexity index is 1060. The Morgan fingerprint density at radius 2 is 1.63 bits per heavy atom. The number of thiophene rings is 1. The second kappa shape index (κ2) is 7.95. The number of rotatable bonds is 3. The summed E-state index contributed by atoms with van der Waals surface area (Å²) in [4.78, 5) is 18.5. The number of aryl methyl sites for hydroxylation is 1. The van der Waals surface area contributed by atoms with Crippen molar-refractivity contribution in [1.82, 2.24) is 15.0 Å². The highest BCUT2D eigenvalue weighted by atomic mass is 32.1. The standard InChI is InChI=1S/C24H31N5S/c1-3-9-16(10-4-1)27-22-21-20(25-15-26-22)19-17-11-5-6-12-18(17)23(28-24(19)30-21)29-13-7-2-8-14-29/h15-16H,1-14H2,(H,25,26,27). The number of hydrogen-bond donors (Lipinski definition) is 1. The highest BCUT2D eigenvalue weighted by molar-refractivity contribution is 7.26. The molecule has 2 aliphatic carbocycles. The third kappa shape index (κ3) is 3.24. The minimum absolute atomic E-state index is 0.549. The first-order valence-electron chi connectivity index (χ1n) is 12.0. The van der Waals surface area contributed by atoms with Crippen molar-refractivity contribution in [1.29, 1.82) is 0 Å². The van der Waals surface area contributed by atoms with Crippen LogP contribution in [-0.4, -0.2) is 34.1 Å². The van der Waals surface area contributed by atoms with E-state index in [0.29, 0.717) is 6.04 Å². The molecule has 0 spiro atoms. The van der Waals surface area contributed by atoms with Crippen LogP contribution in [0.3, 0.4) is 0 Å². The van der Waals surface area contributed by atoms with Crippen LogP contribution < -0.4 is 10.2 Å². The van der Waals surface area contributed by atoms with E-state index in [0.717, 1.165) is 30.8 Å². The zero-order valence-electron chi connectivity index (χ0n) is 17.8. The van der Waals surface area contributed by atoms with Crippen LogP contribution in [0.1, 0.15) is 75.3 Å². The predicted molar refractivity (Wildman–Crippen MR) is 126 cm³/mol. The SMILES string of the molecule is c1nc(NC2CCCCC2)c2sc3nc(N4CCCCC4)c4c(c3c2n1)CCCC4. The summed E-state index contributed by atoms with van der Waals surface area (Å²) in [5.74, 6) is 2.30. The Hall–Kier alpha value is -1.95. The Kier molecular flexibility index (Phi) is 4.98. The van der Waals surface area contributed by atoms with Gasteiger partial charge < -0.3 is 10.2 Å². The fourth-order valence-electron chi connectivity index (χ4n) is 5.75. The lowest BCUT2D eigenvalue weighted by Gasteiger charge is -2.31. The number of nitrogens with zero attached hydrogens (tertiary/aromatic N) is 4. The van der Waals surface area contributed by atoms with Crippen LogP contribution in [0.15, 0.2) is 6.33 Å². The third-order valence-electron chi connectivity index (χ3n) is 7.30. The first-order chi connectivity index (χ1) is 14.9. The molecule has 0 atom stereocenters. The van der Waals surface area contributed by atoms with Gasteiger partial charge in [0.05, 0.1) is 10.2 Å². The van der Waals surface area contributed by atoms with E-state index in [9.17, 15) is 0 Å². The molecule has 3 aromatic rings. The first-order valence-corrected chi connectivity index (χ1v) is 12.8. The lowest BCUT2D eigenvalue weighted by Crippen LogP contribution is -2.31. The van der Waals surface area contributed by atoms with Crippen molar-refractivity contribution < 1.29 is 0 Å². The summed E-state index contributed by atoms with van der Waals surface area (Å²) in [6.07, 6.45) is 17.1. The van der Waals surface area contributed by atoms with Gasteiger partial charge in [0, 0.05) is 24.5 Å². The Labute approximate surface area is 182 Å². The zero-order valence-corrected chi connectivity index (χ0v) is 18.6. The summed E-state index contributed by atoms with van der Waals surface area (Å²) in [6.45, 7) is 2.31. The van der Waals surface area contributed by atoms with Gasteiger partial charge in [0.25, 0.3) is 0 Å². The van der Waals surface area contributed by atoms with E-state index in [1.165, 1.54) is 102 Å². The summed E-state index contributed by atoms with van der Waals surface area (Å²) in [5.41, 5.74) is 4.16. The monoisotopic (exact) mass is 421 g/mol. The molecule has 0 amide bonds. The summed E-state index contributed by atoms with van der Waals surface area (Å²) < 4.78 is 1.20. The normalized spacial score (nSPS) is 20.6. The Morgan fingerprint density at radius 1 is 0.867 bits per heavy atom. The van der Waals surface area contributed by atoms with Crippen LogP contribution in [0.5, 0.6) is 0 Å². The second-order valence-corrected chi connectivity index (χ2v) is 10.3. The Morgan fingerprint density at radius 3 is 2.47 bits per heavy atom. The van der Waals surface area contributed by atoms with E-state index in [4.69, 9.17) is 9.97 Å². The minimum atomic E-state index is 0.549. The fourth-order valence-corrected chi connectivity index (χ4v) is 6.86. The van der Waals surface area contributed by atoms with Crippen molar-refractivity contribution in [3.05, 3.63) is 17.5 Å². The summed E-state index contributed by atoms with van der Waals surface area (Å²) in [7, 11) is 0. The van der Waals surface area contributed by atoms with Crippen LogP contribution in [0.25, 0.3) is 20.4 Å². The van der Waals surface area contributed by atoms with Gasteiger partial charge in [-0.2, -0.15) is 0 Å². The van der Waals surface area contributed by atoms with Crippen molar-refractivity contribution in [2.24, 2.45) is 0 Å². The quantitative estimate of drug-likeness (QED) is 0.574. The maximum Gasteiger partial charge on any atom is 0.147 e. The fraction of sp³-hybridized carbons (Fsp3) is 0.625. The van der Waals surface area contributed by atoms with Gasteiger partial charge in [-0.3, -0.25) is 0 Å².